The predicted octanol–water partition coefficient (Wildman–Crippen LogP) is 6.58. The van der Waals surface area contributed by atoms with Gasteiger partial charge in [-0.05, 0) is 33.4 Å². The summed E-state index contributed by atoms with van der Waals surface area (Å²) in [7, 11) is 0. The molecule has 0 radical (unpaired) electrons. The number of rotatable bonds is 1. The fourth-order valence-corrected chi connectivity index (χ4v) is 7.24. The zero-order valence-corrected chi connectivity index (χ0v) is 14.6. The van der Waals surface area contributed by atoms with Crippen molar-refractivity contribution in [3.8, 4) is 0 Å². The first kappa shape index (κ1) is 14.1. The normalized spacial score (nSPS) is 23.3. The minimum atomic E-state index is -1.28. The van der Waals surface area contributed by atoms with Crippen LogP contribution in [0.5, 0.6) is 0 Å². The fraction of sp³-hybridized carbons (Fsp3) is 0.100. The van der Waals surface area contributed by atoms with Crippen molar-refractivity contribution in [2.45, 2.75) is 11.1 Å². The Bertz CT molecular complexity index is 817. The van der Waals surface area contributed by atoms with Gasteiger partial charge in [0, 0.05) is 5.92 Å². The Hall–Kier alpha value is -1.33. The highest BCUT2D eigenvalue weighted by Crippen LogP contribution is 2.75. The van der Waals surface area contributed by atoms with Gasteiger partial charge >= 0.3 is 0 Å². The highest BCUT2D eigenvalue weighted by atomic mass is 35.9. The molecule has 3 heteroatoms. The van der Waals surface area contributed by atoms with Crippen LogP contribution in [0.3, 0.4) is 0 Å². The molecule has 0 unspecified atom stereocenters. The molecule has 3 aliphatic rings. The monoisotopic (exact) mass is 354 g/mol. The first-order valence-corrected chi connectivity index (χ1v) is 10.8. The van der Waals surface area contributed by atoms with Crippen molar-refractivity contribution in [2.24, 2.45) is 0 Å². The summed E-state index contributed by atoms with van der Waals surface area (Å²) in [6.45, 7) is -1.28. The summed E-state index contributed by atoms with van der Waals surface area (Å²) < 4.78 is 0. The molecule has 3 aromatic rings. The molecule has 0 nitrogen and oxygen atoms in total. The number of halogens is 2. The predicted molar refractivity (Wildman–Crippen MR) is 98.8 cm³/mol. The molecule has 0 N–H and O–H groups in total. The van der Waals surface area contributed by atoms with E-state index < -0.39 is 11.8 Å². The third-order valence-corrected chi connectivity index (χ3v) is 7.99. The molecule has 3 aliphatic carbocycles. The second-order valence-electron chi connectivity index (χ2n) is 6.14. The van der Waals surface area contributed by atoms with Gasteiger partial charge in [-0.2, -0.15) is 0 Å². The Labute approximate surface area is 146 Å². The van der Waals surface area contributed by atoms with E-state index in [1.807, 2.05) is 0 Å². The van der Waals surface area contributed by atoms with E-state index in [1.54, 1.807) is 0 Å². The summed E-state index contributed by atoms with van der Waals surface area (Å²) in [6, 6.07) is 25.9. The highest BCUT2D eigenvalue weighted by molar-refractivity contribution is 8.04. The molecule has 0 aromatic heterocycles. The minimum absolute atomic E-state index is 0.281. The lowest BCUT2D eigenvalue weighted by Crippen LogP contribution is -2.39. The average Bonchev–Trinajstić information content (AvgIpc) is 2.61. The molecule has 6 rings (SSSR count). The van der Waals surface area contributed by atoms with Crippen LogP contribution in [0.4, 0.5) is 0 Å². The maximum atomic E-state index is 6.75. The van der Waals surface area contributed by atoms with Gasteiger partial charge in [0.2, 0.25) is 0 Å². The molecule has 3 aromatic carbocycles. The molecule has 0 saturated heterocycles. The second kappa shape index (κ2) is 4.84. The van der Waals surface area contributed by atoms with Gasteiger partial charge in [-0.1, -0.05) is 95.3 Å². The Morgan fingerprint density at radius 2 is 0.957 bits per heavy atom. The molecular weight excluding hydrogens is 342 g/mol. The van der Waals surface area contributed by atoms with Gasteiger partial charge in [0.15, 0.2) is 0 Å². The van der Waals surface area contributed by atoms with Crippen LogP contribution in [0.25, 0.3) is 0 Å². The lowest BCUT2D eigenvalue weighted by molar-refractivity contribution is 0.711. The van der Waals surface area contributed by atoms with Crippen molar-refractivity contribution in [1.82, 2.24) is 0 Å². The van der Waals surface area contributed by atoms with E-state index in [4.69, 9.17) is 22.5 Å². The summed E-state index contributed by atoms with van der Waals surface area (Å²) in [5.41, 5.74) is 7.87. The van der Waals surface area contributed by atoms with Crippen molar-refractivity contribution in [1.29, 1.82) is 0 Å². The van der Waals surface area contributed by atoms with Crippen molar-refractivity contribution in [2.75, 3.05) is 0 Å². The number of benzene rings is 3. The van der Waals surface area contributed by atoms with Gasteiger partial charge in [0.05, 0.1) is 5.16 Å². The molecule has 0 amide bonds. The van der Waals surface area contributed by atoms with E-state index >= 15 is 0 Å². The van der Waals surface area contributed by atoms with Gasteiger partial charge in [-0.15, -0.1) is 0 Å². The molecule has 0 spiro atoms. The highest BCUT2D eigenvalue weighted by Gasteiger charge is 2.55. The molecule has 0 aliphatic heterocycles. The zero-order valence-electron chi connectivity index (χ0n) is 12.2. The van der Waals surface area contributed by atoms with Gasteiger partial charge in [0.25, 0.3) is 0 Å². The lowest BCUT2D eigenvalue weighted by atomic mass is 9.60. The Kier molecular flexibility index (Phi) is 2.95. The van der Waals surface area contributed by atoms with Crippen molar-refractivity contribution in [3.05, 3.63) is 106 Å². The summed E-state index contributed by atoms with van der Waals surface area (Å²) in [6.07, 6.45) is 0. The number of hydrogen-bond donors (Lipinski definition) is 0. The van der Waals surface area contributed by atoms with E-state index in [0.717, 1.165) is 0 Å². The smallest absolute Gasteiger partial charge is 0.0764 e. The largest absolute Gasteiger partial charge is 0.105 e. The summed E-state index contributed by atoms with van der Waals surface area (Å²) >= 11 is 13.5. The summed E-state index contributed by atoms with van der Waals surface area (Å²) in [5, 5.41) is -0.420. The van der Waals surface area contributed by atoms with Gasteiger partial charge in [-0.3, -0.25) is 0 Å². The Morgan fingerprint density at radius 3 is 1.30 bits per heavy atom. The topological polar surface area (TPSA) is 0 Å². The van der Waals surface area contributed by atoms with Gasteiger partial charge < -0.3 is 0 Å². The first-order chi connectivity index (χ1) is 11.3. The lowest BCUT2D eigenvalue weighted by Gasteiger charge is -2.50. The van der Waals surface area contributed by atoms with Crippen molar-refractivity contribution in [3.63, 3.8) is 0 Å². The molecule has 112 valence electrons. The van der Waals surface area contributed by atoms with E-state index in [0.29, 0.717) is 0 Å². The van der Waals surface area contributed by atoms with E-state index in [9.17, 15) is 0 Å². The number of hydrogen-bond acceptors (Lipinski definition) is 0. The van der Waals surface area contributed by atoms with Crippen LogP contribution < -0.4 is 0 Å². The fourth-order valence-electron chi connectivity index (χ4n) is 4.45. The molecule has 0 atom stereocenters. The van der Waals surface area contributed by atoms with Crippen LogP contribution >= 0.6 is 29.1 Å². The molecule has 0 heterocycles. The van der Waals surface area contributed by atoms with Gasteiger partial charge in [-0.25, -0.2) is 0 Å². The molecular formula is C20H13Cl2P. The van der Waals surface area contributed by atoms with Crippen LogP contribution in [-0.2, 0) is 5.16 Å². The van der Waals surface area contributed by atoms with Crippen molar-refractivity contribution >= 4 is 29.1 Å². The third-order valence-electron chi connectivity index (χ3n) is 5.24. The average molecular weight is 355 g/mol. The third kappa shape index (κ3) is 1.57. The van der Waals surface area contributed by atoms with Gasteiger partial charge in [0.1, 0.15) is 6.63 Å². The van der Waals surface area contributed by atoms with Crippen LogP contribution in [-0.4, -0.2) is 0 Å². The summed E-state index contributed by atoms with van der Waals surface area (Å²) in [4.78, 5) is 0. The first-order valence-electron chi connectivity index (χ1n) is 7.66. The second-order valence-corrected chi connectivity index (χ2v) is 9.82. The van der Waals surface area contributed by atoms with Crippen LogP contribution in [0.15, 0.2) is 72.8 Å². The molecule has 0 fully saturated rings. The quantitative estimate of drug-likeness (QED) is 0.433. The molecule has 0 saturated carbocycles. The Morgan fingerprint density at radius 1 is 0.609 bits per heavy atom. The van der Waals surface area contributed by atoms with Crippen LogP contribution in [0, 0.1) is 0 Å². The minimum Gasteiger partial charge on any atom is -0.0764 e. The Balaban J connectivity index is 2.02. The SMILES string of the molecule is ClP(Cl)C12c3ccccc3C(c3ccccc31)c1ccccc12. The standard InChI is InChI=1S/C20H13Cl2P/c21-23(22)20-16-10-4-1-7-13(16)19(14-8-2-5-11-17(14)20)15-9-3-6-12-18(15)20/h1-12,19H. The maximum absolute atomic E-state index is 6.75. The zero-order chi connectivity index (χ0) is 15.6. The van der Waals surface area contributed by atoms with Crippen molar-refractivity contribution < 1.29 is 0 Å². The van der Waals surface area contributed by atoms with Crippen LogP contribution in [0.2, 0.25) is 0 Å². The van der Waals surface area contributed by atoms with E-state index in [2.05, 4.69) is 72.8 Å². The van der Waals surface area contributed by atoms with Crippen LogP contribution in [0.1, 0.15) is 39.3 Å². The molecule has 2 bridgehead atoms. The van der Waals surface area contributed by atoms with E-state index in [1.165, 1.54) is 33.4 Å². The maximum Gasteiger partial charge on any atom is 0.105 e. The van der Waals surface area contributed by atoms with E-state index in [-0.39, 0.29) is 5.92 Å². The summed E-state index contributed by atoms with van der Waals surface area (Å²) in [5.74, 6) is 0.281. The molecule has 23 heavy (non-hydrogen) atoms.